The Labute approximate surface area is 165 Å². The topological polar surface area (TPSA) is 45.7 Å². The molecule has 0 saturated heterocycles. The second-order valence-corrected chi connectivity index (χ2v) is 6.06. The quantitative estimate of drug-likeness (QED) is 0.356. The summed E-state index contributed by atoms with van der Waals surface area (Å²) in [6.45, 7) is 7.11. The van der Waals surface area contributed by atoms with Gasteiger partial charge in [-0.3, -0.25) is 0 Å². The molecule has 1 aromatic heterocycles. The van der Waals surface area contributed by atoms with Crippen LogP contribution in [-0.2, 0) is 13.0 Å². The van der Waals surface area contributed by atoms with E-state index in [1.807, 2.05) is 25.1 Å². The Morgan fingerprint density at radius 1 is 1.17 bits per heavy atom. The highest BCUT2D eigenvalue weighted by Gasteiger charge is 2.00. The predicted octanol–water partition coefficient (Wildman–Crippen LogP) is 4.06. The average Bonchev–Trinajstić information content (AvgIpc) is 3.07. The van der Waals surface area contributed by atoms with E-state index in [-0.39, 0.29) is 24.0 Å². The van der Waals surface area contributed by atoms with Crippen LogP contribution in [0.3, 0.4) is 0 Å². The van der Waals surface area contributed by atoms with Gasteiger partial charge in [0.2, 0.25) is 0 Å². The molecular formula is C18H26IN3OS. The van der Waals surface area contributed by atoms with E-state index >= 15 is 0 Å². The first-order chi connectivity index (χ1) is 11.3. The molecule has 2 N–H and O–H groups in total. The maximum atomic E-state index is 5.53. The van der Waals surface area contributed by atoms with Crippen molar-refractivity contribution in [1.29, 1.82) is 0 Å². The normalized spacial score (nSPS) is 10.8. The Bertz CT molecular complexity index is 602. The standard InChI is InChI=1S/C18H25N3OS.HI/c1-3-19-18(20-11-10-17-9-6-12-23-17)21-14-15-7-5-8-16(13-15)22-4-2;/h5-9,12-13H,3-4,10-11,14H2,1-2H3,(H2,19,20,21);1H. The van der Waals surface area contributed by atoms with Gasteiger partial charge in [-0.2, -0.15) is 0 Å². The number of thiophene rings is 1. The Hall–Kier alpha value is -1.28. The van der Waals surface area contributed by atoms with Gasteiger partial charge in [-0.1, -0.05) is 18.2 Å². The van der Waals surface area contributed by atoms with E-state index in [0.29, 0.717) is 13.2 Å². The van der Waals surface area contributed by atoms with Crippen LogP contribution in [0.4, 0.5) is 0 Å². The molecule has 2 aromatic rings. The molecule has 6 heteroatoms. The van der Waals surface area contributed by atoms with E-state index in [1.54, 1.807) is 11.3 Å². The van der Waals surface area contributed by atoms with E-state index in [0.717, 1.165) is 36.8 Å². The number of hydrogen-bond donors (Lipinski definition) is 2. The van der Waals surface area contributed by atoms with Crippen LogP contribution in [0.15, 0.2) is 46.8 Å². The molecule has 0 radical (unpaired) electrons. The third-order valence-corrected chi connectivity index (χ3v) is 4.15. The predicted molar refractivity (Wildman–Crippen MR) is 114 cm³/mol. The van der Waals surface area contributed by atoms with Crippen molar-refractivity contribution in [1.82, 2.24) is 10.6 Å². The van der Waals surface area contributed by atoms with Crippen molar-refractivity contribution >= 4 is 41.3 Å². The van der Waals surface area contributed by atoms with Crippen LogP contribution in [0.25, 0.3) is 0 Å². The lowest BCUT2D eigenvalue weighted by Crippen LogP contribution is -2.38. The van der Waals surface area contributed by atoms with Gasteiger partial charge in [-0.25, -0.2) is 4.99 Å². The van der Waals surface area contributed by atoms with E-state index in [2.05, 4.69) is 46.1 Å². The van der Waals surface area contributed by atoms with Gasteiger partial charge in [0.05, 0.1) is 13.2 Å². The first-order valence-corrected chi connectivity index (χ1v) is 8.96. The van der Waals surface area contributed by atoms with Crippen molar-refractivity contribution in [3.63, 3.8) is 0 Å². The van der Waals surface area contributed by atoms with E-state index in [1.165, 1.54) is 4.88 Å². The molecule has 0 aliphatic rings. The molecule has 2 rings (SSSR count). The average molecular weight is 459 g/mol. The summed E-state index contributed by atoms with van der Waals surface area (Å²) in [5.74, 6) is 1.75. The molecular weight excluding hydrogens is 433 g/mol. The zero-order valence-corrected chi connectivity index (χ0v) is 17.4. The summed E-state index contributed by atoms with van der Waals surface area (Å²) in [4.78, 5) is 6.03. The van der Waals surface area contributed by atoms with Crippen molar-refractivity contribution in [2.75, 3.05) is 19.7 Å². The lowest BCUT2D eigenvalue weighted by Gasteiger charge is -2.11. The first-order valence-electron chi connectivity index (χ1n) is 8.08. The minimum Gasteiger partial charge on any atom is -0.494 e. The molecule has 0 bridgehead atoms. The van der Waals surface area contributed by atoms with Crippen LogP contribution in [-0.4, -0.2) is 25.7 Å². The van der Waals surface area contributed by atoms with Gasteiger partial charge in [0, 0.05) is 18.0 Å². The van der Waals surface area contributed by atoms with Gasteiger partial charge in [-0.05, 0) is 49.4 Å². The number of guanidine groups is 1. The fourth-order valence-electron chi connectivity index (χ4n) is 2.17. The number of halogens is 1. The van der Waals surface area contributed by atoms with Crippen LogP contribution in [0.5, 0.6) is 5.75 Å². The van der Waals surface area contributed by atoms with E-state index in [9.17, 15) is 0 Å². The number of hydrogen-bond acceptors (Lipinski definition) is 3. The minimum absolute atomic E-state index is 0. The summed E-state index contributed by atoms with van der Waals surface area (Å²) in [5, 5.41) is 8.78. The first kappa shape index (κ1) is 20.8. The molecule has 0 aliphatic heterocycles. The second kappa shape index (κ2) is 12.1. The number of nitrogens with zero attached hydrogens (tertiary/aromatic N) is 1. The number of benzene rings is 1. The fourth-order valence-corrected chi connectivity index (χ4v) is 2.88. The molecule has 0 unspecified atom stereocenters. The van der Waals surface area contributed by atoms with Crippen LogP contribution < -0.4 is 15.4 Å². The molecule has 132 valence electrons. The third-order valence-electron chi connectivity index (χ3n) is 3.22. The highest BCUT2D eigenvalue weighted by atomic mass is 127. The molecule has 0 amide bonds. The Morgan fingerprint density at radius 3 is 2.75 bits per heavy atom. The fraction of sp³-hybridized carbons (Fsp3) is 0.389. The summed E-state index contributed by atoms with van der Waals surface area (Å²) >= 11 is 1.79. The van der Waals surface area contributed by atoms with Gasteiger partial charge < -0.3 is 15.4 Å². The lowest BCUT2D eigenvalue weighted by atomic mass is 10.2. The van der Waals surface area contributed by atoms with E-state index in [4.69, 9.17) is 4.74 Å². The molecule has 24 heavy (non-hydrogen) atoms. The van der Waals surface area contributed by atoms with Crippen LogP contribution in [0.1, 0.15) is 24.3 Å². The Morgan fingerprint density at radius 2 is 2.04 bits per heavy atom. The Balaban J connectivity index is 0.00000288. The van der Waals surface area contributed by atoms with Crippen molar-refractivity contribution in [3.8, 4) is 5.75 Å². The lowest BCUT2D eigenvalue weighted by molar-refractivity contribution is 0.340. The van der Waals surface area contributed by atoms with Crippen LogP contribution in [0.2, 0.25) is 0 Å². The third kappa shape index (κ3) is 7.53. The highest BCUT2D eigenvalue weighted by molar-refractivity contribution is 14.0. The zero-order valence-electron chi connectivity index (χ0n) is 14.2. The minimum atomic E-state index is 0. The van der Waals surface area contributed by atoms with Crippen molar-refractivity contribution in [2.24, 2.45) is 4.99 Å². The molecule has 4 nitrogen and oxygen atoms in total. The van der Waals surface area contributed by atoms with Crippen LogP contribution >= 0.6 is 35.3 Å². The van der Waals surface area contributed by atoms with Gasteiger partial charge in [0.15, 0.2) is 5.96 Å². The SMILES string of the molecule is CCNC(=NCc1cccc(OCC)c1)NCCc1cccs1.I. The molecule has 0 atom stereocenters. The number of ether oxygens (including phenoxy) is 1. The second-order valence-electron chi connectivity index (χ2n) is 5.03. The molecule has 1 aromatic carbocycles. The molecule has 0 aliphatic carbocycles. The molecule has 0 fully saturated rings. The largest absolute Gasteiger partial charge is 0.494 e. The van der Waals surface area contributed by atoms with Gasteiger partial charge in [0.25, 0.3) is 0 Å². The number of nitrogens with one attached hydrogen (secondary N) is 2. The number of rotatable bonds is 8. The van der Waals surface area contributed by atoms with Crippen molar-refractivity contribution in [2.45, 2.75) is 26.8 Å². The summed E-state index contributed by atoms with van der Waals surface area (Å²) in [5.41, 5.74) is 1.14. The molecule has 1 heterocycles. The smallest absolute Gasteiger partial charge is 0.191 e. The molecule has 0 saturated carbocycles. The highest BCUT2D eigenvalue weighted by Crippen LogP contribution is 2.14. The van der Waals surface area contributed by atoms with Gasteiger partial charge in [0.1, 0.15) is 5.75 Å². The summed E-state index contributed by atoms with van der Waals surface area (Å²) in [7, 11) is 0. The van der Waals surface area contributed by atoms with Crippen molar-refractivity contribution in [3.05, 3.63) is 52.2 Å². The number of aliphatic imine (C=N–C) groups is 1. The Kier molecular flexibility index (Phi) is 10.5. The zero-order chi connectivity index (χ0) is 16.3. The van der Waals surface area contributed by atoms with E-state index < -0.39 is 0 Å². The van der Waals surface area contributed by atoms with Crippen molar-refractivity contribution < 1.29 is 4.74 Å². The van der Waals surface area contributed by atoms with Gasteiger partial charge in [-0.15, -0.1) is 35.3 Å². The summed E-state index contributed by atoms with van der Waals surface area (Å²) in [6, 6.07) is 12.3. The maximum absolute atomic E-state index is 5.53. The molecule has 0 spiro atoms. The van der Waals surface area contributed by atoms with Crippen LogP contribution in [0, 0.1) is 0 Å². The summed E-state index contributed by atoms with van der Waals surface area (Å²) < 4.78 is 5.53. The monoisotopic (exact) mass is 459 g/mol. The summed E-state index contributed by atoms with van der Waals surface area (Å²) in [6.07, 6.45) is 1.02. The van der Waals surface area contributed by atoms with Gasteiger partial charge >= 0.3 is 0 Å². The maximum Gasteiger partial charge on any atom is 0.191 e.